The molecule has 0 atom stereocenters. The lowest BCUT2D eigenvalue weighted by molar-refractivity contribution is 0.476. The molecule has 2 rings (SSSR count). The van der Waals surface area contributed by atoms with Gasteiger partial charge in [0.2, 0.25) is 0 Å². The molecule has 1 heterocycles. The number of phenolic OH excluding ortho intramolecular Hbond substituents is 1. The van der Waals surface area contributed by atoms with Gasteiger partial charge in [-0.05, 0) is 37.3 Å². The second-order valence-electron chi connectivity index (χ2n) is 4.44. The van der Waals surface area contributed by atoms with Crippen LogP contribution in [-0.2, 0) is 0 Å². The topological polar surface area (TPSA) is 89.8 Å². The number of aromatic amines is 1. The third kappa shape index (κ3) is 2.62. The van der Waals surface area contributed by atoms with Crippen molar-refractivity contribution in [2.75, 3.05) is 6.26 Å². The SMILES string of the molecule is CSc1nc(-c2c(O)cc(C)c(Cl)c2C)c(C#N)c(=O)[nH]1. The maximum Gasteiger partial charge on any atom is 0.270 e. The molecule has 0 spiro atoms. The van der Waals surface area contributed by atoms with Gasteiger partial charge >= 0.3 is 0 Å². The molecule has 0 aliphatic heterocycles. The van der Waals surface area contributed by atoms with Gasteiger partial charge in [-0.3, -0.25) is 4.79 Å². The summed E-state index contributed by atoms with van der Waals surface area (Å²) < 4.78 is 0. The van der Waals surface area contributed by atoms with E-state index in [0.717, 1.165) is 0 Å². The molecule has 0 radical (unpaired) electrons. The Morgan fingerprint density at radius 3 is 2.71 bits per heavy atom. The van der Waals surface area contributed by atoms with Gasteiger partial charge in [-0.2, -0.15) is 5.26 Å². The Hall–Kier alpha value is -1.97. The van der Waals surface area contributed by atoms with Crippen LogP contribution >= 0.6 is 23.4 Å². The summed E-state index contributed by atoms with van der Waals surface area (Å²) in [5.41, 5.74) is 1.05. The summed E-state index contributed by atoms with van der Waals surface area (Å²) in [6.07, 6.45) is 1.75. The highest BCUT2D eigenvalue weighted by Gasteiger charge is 2.20. The lowest BCUT2D eigenvalue weighted by Gasteiger charge is -2.13. The molecule has 2 N–H and O–H groups in total. The predicted molar refractivity (Wildman–Crippen MR) is 82.9 cm³/mol. The van der Waals surface area contributed by atoms with Gasteiger partial charge in [-0.1, -0.05) is 23.4 Å². The van der Waals surface area contributed by atoms with Crippen LogP contribution < -0.4 is 5.56 Å². The Morgan fingerprint density at radius 1 is 1.48 bits per heavy atom. The molecule has 0 unspecified atom stereocenters. The van der Waals surface area contributed by atoms with Crippen LogP contribution in [0.1, 0.15) is 16.7 Å². The van der Waals surface area contributed by atoms with Gasteiger partial charge in [0.15, 0.2) is 5.16 Å². The number of nitrogens with one attached hydrogen (secondary N) is 1. The highest BCUT2D eigenvalue weighted by molar-refractivity contribution is 7.98. The molecule has 7 heteroatoms. The minimum absolute atomic E-state index is 0.0592. The van der Waals surface area contributed by atoms with Gasteiger partial charge in [0.25, 0.3) is 5.56 Å². The zero-order valence-corrected chi connectivity index (χ0v) is 13.2. The van der Waals surface area contributed by atoms with Crippen molar-refractivity contribution in [1.29, 1.82) is 5.26 Å². The van der Waals surface area contributed by atoms with Gasteiger partial charge in [0.1, 0.15) is 23.1 Å². The number of aryl methyl sites for hydroxylation is 1. The van der Waals surface area contributed by atoms with E-state index in [4.69, 9.17) is 11.6 Å². The summed E-state index contributed by atoms with van der Waals surface area (Å²) in [5, 5.41) is 20.2. The van der Waals surface area contributed by atoms with Gasteiger partial charge < -0.3 is 10.1 Å². The maximum absolute atomic E-state index is 12.0. The Morgan fingerprint density at radius 2 is 2.14 bits per heavy atom. The number of nitriles is 1. The Balaban J connectivity index is 2.92. The van der Waals surface area contributed by atoms with Crippen molar-refractivity contribution < 1.29 is 5.11 Å². The fourth-order valence-corrected chi connectivity index (χ4v) is 2.60. The molecule has 0 fully saturated rings. The standard InChI is InChI=1S/C14H12ClN3O2S/c1-6-4-9(19)10(7(2)11(6)15)12-8(5-16)13(20)18-14(17-12)21-3/h4,19H,1-3H3,(H,17,18,20). The molecule has 0 saturated carbocycles. The van der Waals surface area contributed by atoms with E-state index in [1.807, 2.05) is 6.07 Å². The molecule has 1 aromatic heterocycles. The molecule has 21 heavy (non-hydrogen) atoms. The lowest BCUT2D eigenvalue weighted by atomic mass is 9.99. The van der Waals surface area contributed by atoms with Crippen molar-refractivity contribution in [3.8, 4) is 23.1 Å². The monoisotopic (exact) mass is 321 g/mol. The molecule has 2 aromatic rings. The van der Waals surface area contributed by atoms with E-state index in [0.29, 0.717) is 26.9 Å². The van der Waals surface area contributed by atoms with Gasteiger partial charge in [-0.25, -0.2) is 4.98 Å². The van der Waals surface area contributed by atoms with Crippen LogP contribution in [0.3, 0.4) is 0 Å². The quantitative estimate of drug-likeness (QED) is 0.655. The number of phenols is 1. The largest absolute Gasteiger partial charge is 0.507 e. The highest BCUT2D eigenvalue weighted by atomic mass is 35.5. The van der Waals surface area contributed by atoms with E-state index in [1.165, 1.54) is 17.8 Å². The molecule has 5 nitrogen and oxygen atoms in total. The highest BCUT2D eigenvalue weighted by Crippen LogP contribution is 2.38. The molecular weight excluding hydrogens is 310 g/mol. The van der Waals surface area contributed by atoms with Gasteiger partial charge in [-0.15, -0.1) is 0 Å². The predicted octanol–water partition coefficient (Wildman–Crippen LogP) is 3.01. The third-order valence-electron chi connectivity index (χ3n) is 3.10. The molecule has 0 saturated heterocycles. The molecule has 0 bridgehead atoms. The van der Waals surface area contributed by atoms with Crippen LogP contribution in [0, 0.1) is 25.2 Å². The molecular formula is C14H12ClN3O2S. The molecule has 0 amide bonds. The van der Waals surface area contributed by atoms with Gasteiger partial charge in [0.05, 0.1) is 0 Å². The second kappa shape index (κ2) is 5.80. The normalized spacial score (nSPS) is 10.4. The van der Waals surface area contributed by atoms with Gasteiger partial charge in [0, 0.05) is 10.6 Å². The van der Waals surface area contributed by atoms with Crippen molar-refractivity contribution in [2.24, 2.45) is 0 Å². The van der Waals surface area contributed by atoms with Crippen molar-refractivity contribution in [1.82, 2.24) is 9.97 Å². The van der Waals surface area contributed by atoms with E-state index in [-0.39, 0.29) is 17.0 Å². The summed E-state index contributed by atoms with van der Waals surface area (Å²) in [7, 11) is 0. The minimum atomic E-state index is -0.539. The number of H-pyrrole nitrogens is 1. The van der Waals surface area contributed by atoms with Crippen LogP contribution in [0.15, 0.2) is 16.0 Å². The summed E-state index contributed by atoms with van der Waals surface area (Å²) in [5.74, 6) is -0.0592. The number of rotatable bonds is 2. The summed E-state index contributed by atoms with van der Waals surface area (Å²) >= 11 is 7.44. The van der Waals surface area contributed by atoms with Crippen molar-refractivity contribution in [2.45, 2.75) is 19.0 Å². The fourth-order valence-electron chi connectivity index (χ4n) is 2.07. The van der Waals surface area contributed by atoms with Crippen molar-refractivity contribution in [3.63, 3.8) is 0 Å². The van der Waals surface area contributed by atoms with Crippen molar-refractivity contribution in [3.05, 3.63) is 38.1 Å². The zero-order chi connectivity index (χ0) is 15.7. The van der Waals surface area contributed by atoms with E-state index in [9.17, 15) is 15.2 Å². The minimum Gasteiger partial charge on any atom is -0.507 e. The summed E-state index contributed by atoms with van der Waals surface area (Å²) in [6, 6.07) is 3.33. The smallest absolute Gasteiger partial charge is 0.270 e. The molecule has 0 aliphatic rings. The zero-order valence-electron chi connectivity index (χ0n) is 11.6. The van der Waals surface area contributed by atoms with Crippen LogP contribution in [0.5, 0.6) is 5.75 Å². The number of nitrogens with zero attached hydrogens (tertiary/aromatic N) is 2. The number of aromatic nitrogens is 2. The molecule has 108 valence electrons. The van der Waals surface area contributed by atoms with Crippen LogP contribution in [0.25, 0.3) is 11.3 Å². The Labute approximate surface area is 130 Å². The first kappa shape index (κ1) is 15.4. The Kier molecular flexibility index (Phi) is 4.26. The van der Waals surface area contributed by atoms with Crippen LogP contribution in [-0.4, -0.2) is 21.3 Å². The average molecular weight is 322 g/mol. The van der Waals surface area contributed by atoms with E-state index in [2.05, 4.69) is 9.97 Å². The number of aromatic hydroxyl groups is 1. The molecule has 1 aromatic carbocycles. The molecule has 0 aliphatic carbocycles. The van der Waals surface area contributed by atoms with Crippen LogP contribution in [0.4, 0.5) is 0 Å². The number of hydrogen-bond acceptors (Lipinski definition) is 5. The first-order valence-electron chi connectivity index (χ1n) is 5.98. The first-order chi connectivity index (χ1) is 9.90. The van der Waals surface area contributed by atoms with E-state index < -0.39 is 5.56 Å². The summed E-state index contributed by atoms with van der Waals surface area (Å²) in [4.78, 5) is 18.7. The third-order valence-corrected chi connectivity index (χ3v) is 4.26. The van der Waals surface area contributed by atoms with Crippen molar-refractivity contribution >= 4 is 23.4 Å². The average Bonchev–Trinajstić information content (AvgIpc) is 2.44. The Bertz CT molecular complexity index is 824. The van der Waals surface area contributed by atoms with E-state index in [1.54, 1.807) is 20.1 Å². The van der Waals surface area contributed by atoms with Crippen LogP contribution in [0.2, 0.25) is 5.02 Å². The number of benzene rings is 1. The second-order valence-corrected chi connectivity index (χ2v) is 5.61. The lowest BCUT2D eigenvalue weighted by Crippen LogP contribution is -2.15. The number of halogens is 1. The maximum atomic E-state index is 12.0. The van der Waals surface area contributed by atoms with E-state index >= 15 is 0 Å². The number of thioether (sulfide) groups is 1. The fraction of sp³-hybridized carbons (Fsp3) is 0.214. The summed E-state index contributed by atoms with van der Waals surface area (Å²) in [6.45, 7) is 3.48. The number of hydrogen-bond donors (Lipinski definition) is 2. The first-order valence-corrected chi connectivity index (χ1v) is 7.58.